The minimum absolute atomic E-state index is 0.101. The lowest BCUT2D eigenvalue weighted by atomic mass is 10.1. The van der Waals surface area contributed by atoms with E-state index in [9.17, 15) is 13.6 Å². The molecule has 0 radical (unpaired) electrons. The fourth-order valence-corrected chi connectivity index (χ4v) is 2.39. The summed E-state index contributed by atoms with van der Waals surface area (Å²) in [6.45, 7) is 3.87. The standard InChI is InChI=1S/C19H16F2N4O/c1-11-3-6-16(12(2)9-11)24-18(26)17-7-8-22-19(25-17)23-13-4-5-14(20)15(21)10-13/h3-10H,1-2H3,(H,24,26)(H,22,23,25). The van der Waals surface area contributed by atoms with Crippen LogP contribution in [0.4, 0.5) is 26.1 Å². The summed E-state index contributed by atoms with van der Waals surface area (Å²) < 4.78 is 26.3. The molecule has 0 spiro atoms. The first-order chi connectivity index (χ1) is 12.4. The number of hydrogen-bond acceptors (Lipinski definition) is 4. The van der Waals surface area contributed by atoms with E-state index in [1.807, 2.05) is 32.0 Å². The van der Waals surface area contributed by atoms with Gasteiger partial charge < -0.3 is 10.6 Å². The second-order valence-electron chi connectivity index (χ2n) is 5.79. The Kier molecular flexibility index (Phi) is 4.88. The number of aromatic nitrogens is 2. The van der Waals surface area contributed by atoms with Crippen LogP contribution >= 0.6 is 0 Å². The lowest BCUT2D eigenvalue weighted by molar-refractivity contribution is 0.102. The van der Waals surface area contributed by atoms with Crippen molar-refractivity contribution >= 4 is 23.2 Å². The molecule has 0 saturated heterocycles. The zero-order valence-corrected chi connectivity index (χ0v) is 14.2. The molecule has 0 bridgehead atoms. The van der Waals surface area contributed by atoms with Gasteiger partial charge in [-0.15, -0.1) is 0 Å². The van der Waals surface area contributed by atoms with Crippen molar-refractivity contribution in [1.29, 1.82) is 0 Å². The van der Waals surface area contributed by atoms with Crippen molar-refractivity contribution in [3.8, 4) is 0 Å². The first-order valence-electron chi connectivity index (χ1n) is 7.86. The van der Waals surface area contributed by atoms with E-state index in [4.69, 9.17) is 0 Å². The Labute approximate surface area is 149 Å². The van der Waals surface area contributed by atoms with Crippen LogP contribution < -0.4 is 10.6 Å². The van der Waals surface area contributed by atoms with Gasteiger partial charge in [0.25, 0.3) is 5.91 Å². The van der Waals surface area contributed by atoms with Gasteiger partial charge in [0.15, 0.2) is 11.6 Å². The van der Waals surface area contributed by atoms with E-state index in [-0.39, 0.29) is 17.3 Å². The summed E-state index contributed by atoms with van der Waals surface area (Å²) in [7, 11) is 0. The van der Waals surface area contributed by atoms with Crippen LogP contribution in [0.25, 0.3) is 0 Å². The number of benzene rings is 2. The van der Waals surface area contributed by atoms with Crippen molar-refractivity contribution < 1.29 is 13.6 Å². The minimum atomic E-state index is -0.987. The van der Waals surface area contributed by atoms with E-state index in [0.29, 0.717) is 5.69 Å². The number of aryl methyl sites for hydroxylation is 2. The van der Waals surface area contributed by atoms with Gasteiger partial charge in [-0.3, -0.25) is 4.79 Å². The summed E-state index contributed by atoms with van der Waals surface area (Å²) in [6.07, 6.45) is 1.41. The average Bonchev–Trinajstić information content (AvgIpc) is 2.61. The Balaban J connectivity index is 1.77. The first kappa shape index (κ1) is 17.5. The Morgan fingerprint density at radius 1 is 1.00 bits per heavy atom. The Hall–Kier alpha value is -3.35. The Morgan fingerprint density at radius 2 is 1.81 bits per heavy atom. The fraction of sp³-hybridized carbons (Fsp3) is 0.105. The van der Waals surface area contributed by atoms with E-state index in [1.165, 1.54) is 18.3 Å². The summed E-state index contributed by atoms with van der Waals surface area (Å²) in [5.74, 6) is -2.23. The summed E-state index contributed by atoms with van der Waals surface area (Å²) in [6, 6.07) is 10.5. The fourth-order valence-electron chi connectivity index (χ4n) is 2.39. The van der Waals surface area contributed by atoms with Crippen molar-refractivity contribution in [2.24, 2.45) is 0 Å². The highest BCUT2D eigenvalue weighted by molar-refractivity contribution is 6.03. The molecule has 26 heavy (non-hydrogen) atoms. The third-order valence-corrected chi connectivity index (χ3v) is 3.69. The number of rotatable bonds is 4. The molecule has 2 aromatic carbocycles. The smallest absolute Gasteiger partial charge is 0.274 e. The Morgan fingerprint density at radius 3 is 2.54 bits per heavy atom. The normalized spacial score (nSPS) is 10.5. The molecule has 0 aliphatic rings. The van der Waals surface area contributed by atoms with Gasteiger partial charge in [0.1, 0.15) is 5.69 Å². The van der Waals surface area contributed by atoms with Gasteiger partial charge in [0.05, 0.1) is 0 Å². The zero-order valence-electron chi connectivity index (χ0n) is 14.2. The van der Waals surface area contributed by atoms with E-state index in [2.05, 4.69) is 20.6 Å². The minimum Gasteiger partial charge on any atom is -0.324 e. The van der Waals surface area contributed by atoms with Gasteiger partial charge in [-0.05, 0) is 43.7 Å². The summed E-state index contributed by atoms with van der Waals surface area (Å²) in [5, 5.41) is 5.54. The highest BCUT2D eigenvalue weighted by atomic mass is 19.2. The number of nitrogens with zero attached hydrogens (tertiary/aromatic N) is 2. The van der Waals surface area contributed by atoms with E-state index >= 15 is 0 Å². The third kappa shape index (κ3) is 4.00. The number of halogens is 2. The van der Waals surface area contributed by atoms with Crippen molar-refractivity contribution in [3.63, 3.8) is 0 Å². The number of nitrogens with one attached hydrogen (secondary N) is 2. The average molecular weight is 354 g/mol. The molecule has 0 fully saturated rings. The lowest BCUT2D eigenvalue weighted by Crippen LogP contribution is -2.15. The van der Waals surface area contributed by atoms with E-state index < -0.39 is 17.5 Å². The quantitative estimate of drug-likeness (QED) is 0.730. The third-order valence-electron chi connectivity index (χ3n) is 3.69. The highest BCUT2D eigenvalue weighted by Gasteiger charge is 2.11. The van der Waals surface area contributed by atoms with Crippen LogP contribution in [0, 0.1) is 25.5 Å². The van der Waals surface area contributed by atoms with Crippen LogP contribution in [0.1, 0.15) is 21.6 Å². The van der Waals surface area contributed by atoms with Gasteiger partial charge in [-0.2, -0.15) is 0 Å². The summed E-state index contributed by atoms with van der Waals surface area (Å²) in [5.41, 5.74) is 3.14. The molecule has 0 aliphatic heterocycles. The van der Waals surface area contributed by atoms with Gasteiger partial charge in [-0.25, -0.2) is 18.7 Å². The summed E-state index contributed by atoms with van der Waals surface area (Å²) >= 11 is 0. The van der Waals surface area contributed by atoms with Crippen LogP contribution in [-0.2, 0) is 0 Å². The maximum Gasteiger partial charge on any atom is 0.274 e. The van der Waals surface area contributed by atoms with Crippen molar-refractivity contribution in [2.75, 3.05) is 10.6 Å². The lowest BCUT2D eigenvalue weighted by Gasteiger charge is -2.10. The molecule has 132 valence electrons. The topological polar surface area (TPSA) is 66.9 Å². The predicted octanol–water partition coefficient (Wildman–Crippen LogP) is 4.37. The SMILES string of the molecule is Cc1ccc(NC(=O)c2ccnc(Nc3ccc(F)c(F)c3)n2)c(C)c1. The molecule has 3 aromatic rings. The van der Waals surface area contributed by atoms with Gasteiger partial charge in [-0.1, -0.05) is 17.7 Å². The van der Waals surface area contributed by atoms with Gasteiger partial charge in [0.2, 0.25) is 5.95 Å². The maximum absolute atomic E-state index is 13.3. The molecule has 7 heteroatoms. The first-order valence-corrected chi connectivity index (χ1v) is 7.86. The number of carbonyl (C=O) groups excluding carboxylic acids is 1. The predicted molar refractivity (Wildman–Crippen MR) is 95.5 cm³/mol. The molecular formula is C19H16F2N4O. The number of anilines is 3. The summed E-state index contributed by atoms with van der Waals surface area (Å²) in [4.78, 5) is 20.5. The largest absolute Gasteiger partial charge is 0.324 e. The monoisotopic (exact) mass is 354 g/mol. The van der Waals surface area contributed by atoms with Crippen LogP contribution in [0.2, 0.25) is 0 Å². The highest BCUT2D eigenvalue weighted by Crippen LogP contribution is 2.18. The Bertz CT molecular complexity index is 976. The second-order valence-corrected chi connectivity index (χ2v) is 5.79. The molecule has 0 unspecified atom stereocenters. The number of hydrogen-bond donors (Lipinski definition) is 2. The molecule has 1 amide bonds. The zero-order chi connectivity index (χ0) is 18.7. The van der Waals surface area contributed by atoms with E-state index in [1.54, 1.807) is 0 Å². The molecule has 0 saturated carbocycles. The molecule has 0 atom stereocenters. The van der Waals surface area contributed by atoms with Crippen LogP contribution in [-0.4, -0.2) is 15.9 Å². The maximum atomic E-state index is 13.3. The van der Waals surface area contributed by atoms with Crippen molar-refractivity contribution in [3.05, 3.63) is 77.1 Å². The molecule has 2 N–H and O–H groups in total. The molecule has 3 rings (SSSR count). The second kappa shape index (κ2) is 7.26. The molecule has 1 aromatic heterocycles. The molecule has 1 heterocycles. The van der Waals surface area contributed by atoms with Crippen molar-refractivity contribution in [2.45, 2.75) is 13.8 Å². The van der Waals surface area contributed by atoms with Gasteiger partial charge >= 0.3 is 0 Å². The van der Waals surface area contributed by atoms with Gasteiger partial charge in [0, 0.05) is 23.6 Å². The van der Waals surface area contributed by atoms with Crippen LogP contribution in [0.15, 0.2) is 48.7 Å². The molecular weight excluding hydrogens is 338 g/mol. The number of carbonyl (C=O) groups is 1. The van der Waals surface area contributed by atoms with Crippen LogP contribution in [0.5, 0.6) is 0 Å². The van der Waals surface area contributed by atoms with Crippen LogP contribution in [0.3, 0.4) is 0 Å². The molecule has 5 nitrogen and oxygen atoms in total. The number of amides is 1. The van der Waals surface area contributed by atoms with Crippen molar-refractivity contribution in [1.82, 2.24) is 9.97 Å². The van der Waals surface area contributed by atoms with E-state index in [0.717, 1.165) is 23.3 Å². The molecule has 0 aliphatic carbocycles.